The smallest absolute Gasteiger partial charge is 0.127 e. The fourth-order valence-electron chi connectivity index (χ4n) is 1.31. The Balaban J connectivity index is 3.20. The Morgan fingerprint density at radius 3 is 2.38 bits per heavy atom. The number of methoxy groups -OCH3 is 2. The molecule has 0 spiro atoms. The molecule has 13 heavy (non-hydrogen) atoms. The van der Waals surface area contributed by atoms with Gasteiger partial charge in [0.05, 0.1) is 14.2 Å². The number of rotatable bonds is 3. The zero-order valence-corrected chi connectivity index (χ0v) is 8.26. The maximum absolute atomic E-state index is 5.60. The second kappa shape index (κ2) is 4.14. The Morgan fingerprint density at radius 1 is 1.23 bits per heavy atom. The van der Waals surface area contributed by atoms with Crippen molar-refractivity contribution in [3.05, 3.63) is 23.3 Å². The number of nitrogens with two attached hydrogens (primary N) is 1. The monoisotopic (exact) mass is 181 g/mol. The van der Waals surface area contributed by atoms with E-state index in [1.165, 1.54) is 0 Å². The molecule has 0 radical (unpaired) electrons. The number of hydrogen-bond acceptors (Lipinski definition) is 3. The maximum atomic E-state index is 5.60. The summed E-state index contributed by atoms with van der Waals surface area (Å²) >= 11 is 0. The Morgan fingerprint density at radius 2 is 1.92 bits per heavy atom. The minimum Gasteiger partial charge on any atom is -0.497 e. The van der Waals surface area contributed by atoms with Gasteiger partial charge in [-0.25, -0.2) is 0 Å². The lowest BCUT2D eigenvalue weighted by molar-refractivity contribution is 0.390. The van der Waals surface area contributed by atoms with E-state index in [9.17, 15) is 0 Å². The number of benzene rings is 1. The minimum atomic E-state index is 0.485. The fourth-order valence-corrected chi connectivity index (χ4v) is 1.31. The third-order valence-electron chi connectivity index (χ3n) is 2.07. The molecule has 72 valence electrons. The van der Waals surface area contributed by atoms with Crippen molar-refractivity contribution in [3.8, 4) is 11.5 Å². The van der Waals surface area contributed by atoms with Crippen molar-refractivity contribution < 1.29 is 9.47 Å². The molecule has 0 bridgehead atoms. The van der Waals surface area contributed by atoms with Crippen LogP contribution in [0.5, 0.6) is 11.5 Å². The van der Waals surface area contributed by atoms with Crippen molar-refractivity contribution in [2.24, 2.45) is 5.73 Å². The summed E-state index contributed by atoms with van der Waals surface area (Å²) in [7, 11) is 3.27. The third-order valence-corrected chi connectivity index (χ3v) is 2.07. The van der Waals surface area contributed by atoms with Gasteiger partial charge in [-0.3, -0.25) is 0 Å². The Labute approximate surface area is 78.5 Å². The predicted molar refractivity (Wildman–Crippen MR) is 52.2 cm³/mol. The average Bonchev–Trinajstić information content (AvgIpc) is 2.16. The van der Waals surface area contributed by atoms with E-state index < -0.39 is 0 Å². The minimum absolute atomic E-state index is 0.485. The molecule has 0 fully saturated rings. The highest BCUT2D eigenvalue weighted by Crippen LogP contribution is 2.27. The Hall–Kier alpha value is -1.22. The third kappa shape index (κ3) is 1.92. The molecule has 0 heterocycles. The number of ether oxygens (including phenoxy) is 2. The molecule has 0 aliphatic carbocycles. The standard InChI is InChI=1S/C10H15NO2/c1-7-4-8(12-2)5-10(13-3)9(7)6-11/h4-5H,6,11H2,1-3H3. The highest BCUT2D eigenvalue weighted by Gasteiger charge is 2.06. The zero-order chi connectivity index (χ0) is 9.84. The van der Waals surface area contributed by atoms with Gasteiger partial charge in [0.15, 0.2) is 0 Å². The van der Waals surface area contributed by atoms with E-state index >= 15 is 0 Å². The van der Waals surface area contributed by atoms with Crippen LogP contribution in [0.15, 0.2) is 12.1 Å². The van der Waals surface area contributed by atoms with E-state index in [-0.39, 0.29) is 0 Å². The second-order valence-electron chi connectivity index (χ2n) is 2.83. The average molecular weight is 181 g/mol. The van der Waals surface area contributed by atoms with Crippen LogP contribution < -0.4 is 15.2 Å². The molecule has 1 aromatic carbocycles. The quantitative estimate of drug-likeness (QED) is 0.768. The number of aryl methyl sites for hydroxylation is 1. The first-order chi connectivity index (χ1) is 6.22. The summed E-state index contributed by atoms with van der Waals surface area (Å²) in [6.07, 6.45) is 0. The summed E-state index contributed by atoms with van der Waals surface area (Å²) in [5, 5.41) is 0. The molecule has 0 saturated carbocycles. The molecule has 0 amide bonds. The maximum Gasteiger partial charge on any atom is 0.127 e. The predicted octanol–water partition coefficient (Wildman–Crippen LogP) is 1.47. The van der Waals surface area contributed by atoms with E-state index in [1.54, 1.807) is 14.2 Å². The van der Waals surface area contributed by atoms with Gasteiger partial charge < -0.3 is 15.2 Å². The van der Waals surface area contributed by atoms with E-state index in [4.69, 9.17) is 15.2 Å². The highest BCUT2D eigenvalue weighted by atomic mass is 16.5. The molecular formula is C10H15NO2. The van der Waals surface area contributed by atoms with Crippen LogP contribution >= 0.6 is 0 Å². The lowest BCUT2D eigenvalue weighted by atomic mass is 10.1. The van der Waals surface area contributed by atoms with E-state index in [2.05, 4.69) is 0 Å². The molecule has 1 rings (SSSR count). The molecule has 0 aliphatic rings. The largest absolute Gasteiger partial charge is 0.497 e. The van der Waals surface area contributed by atoms with Crippen LogP contribution in [0.1, 0.15) is 11.1 Å². The van der Waals surface area contributed by atoms with E-state index in [0.29, 0.717) is 6.54 Å². The summed E-state index contributed by atoms with van der Waals surface area (Å²) in [6.45, 7) is 2.48. The SMILES string of the molecule is COc1cc(C)c(CN)c(OC)c1. The van der Waals surface area contributed by atoms with Gasteiger partial charge in [0.1, 0.15) is 11.5 Å². The Bertz CT molecular complexity index is 297. The molecule has 0 aliphatic heterocycles. The first-order valence-corrected chi connectivity index (χ1v) is 4.14. The van der Waals surface area contributed by atoms with Crippen LogP contribution in [0, 0.1) is 6.92 Å². The first-order valence-electron chi connectivity index (χ1n) is 4.14. The van der Waals surface area contributed by atoms with Gasteiger partial charge in [0.25, 0.3) is 0 Å². The van der Waals surface area contributed by atoms with Gasteiger partial charge in [-0.1, -0.05) is 0 Å². The van der Waals surface area contributed by atoms with E-state index in [0.717, 1.165) is 22.6 Å². The van der Waals surface area contributed by atoms with Crippen molar-refractivity contribution >= 4 is 0 Å². The summed E-state index contributed by atoms with van der Waals surface area (Å²) in [5.74, 6) is 1.59. The van der Waals surface area contributed by atoms with Gasteiger partial charge in [-0.05, 0) is 18.6 Å². The highest BCUT2D eigenvalue weighted by molar-refractivity contribution is 5.45. The van der Waals surface area contributed by atoms with Crippen molar-refractivity contribution in [3.63, 3.8) is 0 Å². The summed E-state index contributed by atoms with van der Waals surface area (Å²) in [6, 6.07) is 3.79. The summed E-state index contributed by atoms with van der Waals surface area (Å²) in [4.78, 5) is 0. The van der Waals surface area contributed by atoms with Crippen LogP contribution in [0.25, 0.3) is 0 Å². The van der Waals surface area contributed by atoms with Crippen LogP contribution in [0.3, 0.4) is 0 Å². The molecule has 2 N–H and O–H groups in total. The zero-order valence-electron chi connectivity index (χ0n) is 8.26. The molecule has 1 aromatic rings. The van der Waals surface area contributed by atoms with Gasteiger partial charge in [0, 0.05) is 18.2 Å². The van der Waals surface area contributed by atoms with Gasteiger partial charge in [0.2, 0.25) is 0 Å². The van der Waals surface area contributed by atoms with Crippen LogP contribution in [0.2, 0.25) is 0 Å². The van der Waals surface area contributed by atoms with Crippen LogP contribution in [-0.4, -0.2) is 14.2 Å². The van der Waals surface area contributed by atoms with E-state index in [1.807, 2.05) is 19.1 Å². The van der Waals surface area contributed by atoms with Gasteiger partial charge in [-0.2, -0.15) is 0 Å². The molecule has 0 unspecified atom stereocenters. The first kappa shape index (κ1) is 9.86. The van der Waals surface area contributed by atoms with Crippen molar-refractivity contribution in [2.75, 3.05) is 14.2 Å². The van der Waals surface area contributed by atoms with Gasteiger partial charge in [-0.15, -0.1) is 0 Å². The van der Waals surface area contributed by atoms with Crippen molar-refractivity contribution in [1.82, 2.24) is 0 Å². The molecule has 0 atom stereocenters. The topological polar surface area (TPSA) is 44.5 Å². The molecule has 0 aromatic heterocycles. The molecule has 0 saturated heterocycles. The van der Waals surface area contributed by atoms with Crippen LogP contribution in [0.4, 0.5) is 0 Å². The number of hydrogen-bond donors (Lipinski definition) is 1. The summed E-state index contributed by atoms with van der Waals surface area (Å²) in [5.41, 5.74) is 7.72. The molecule has 3 heteroatoms. The lowest BCUT2D eigenvalue weighted by Gasteiger charge is -2.11. The van der Waals surface area contributed by atoms with Crippen LogP contribution in [-0.2, 0) is 6.54 Å². The summed E-state index contributed by atoms with van der Waals surface area (Å²) < 4.78 is 10.3. The van der Waals surface area contributed by atoms with Crippen molar-refractivity contribution in [1.29, 1.82) is 0 Å². The van der Waals surface area contributed by atoms with Gasteiger partial charge >= 0.3 is 0 Å². The second-order valence-corrected chi connectivity index (χ2v) is 2.83. The molecule has 3 nitrogen and oxygen atoms in total. The normalized spacial score (nSPS) is 9.85. The molecular weight excluding hydrogens is 166 g/mol. The van der Waals surface area contributed by atoms with Crippen molar-refractivity contribution in [2.45, 2.75) is 13.5 Å². The Kier molecular flexibility index (Phi) is 3.14. The fraction of sp³-hybridized carbons (Fsp3) is 0.400. The lowest BCUT2D eigenvalue weighted by Crippen LogP contribution is -2.02.